The Kier molecular flexibility index (Phi) is 4.65. The lowest BCUT2D eigenvalue weighted by Crippen LogP contribution is -2.13. The fourth-order valence-electron chi connectivity index (χ4n) is 0.581. The topological polar surface area (TPSA) is 26.0 Å². The molecule has 0 spiro atoms. The second-order valence-corrected chi connectivity index (χ2v) is 3.88. The highest BCUT2D eigenvalue weighted by molar-refractivity contribution is 8.00. The summed E-state index contributed by atoms with van der Waals surface area (Å²) in [6.45, 7) is 4.06. The number of thioether (sulfide) groups is 1. The number of nitrogens with two attached hydrogens (primary N) is 1. The molecule has 0 fully saturated rings. The fraction of sp³-hybridized carbons (Fsp3) is 0.714. The highest BCUT2D eigenvalue weighted by atomic mass is 32.2. The van der Waals surface area contributed by atoms with Gasteiger partial charge in [-0.3, -0.25) is 0 Å². The first kappa shape index (κ1) is 8.87. The van der Waals surface area contributed by atoms with Gasteiger partial charge in [0.1, 0.15) is 0 Å². The van der Waals surface area contributed by atoms with Crippen LogP contribution in [0.1, 0.15) is 20.3 Å². The van der Waals surface area contributed by atoms with Crippen molar-refractivity contribution in [3.05, 3.63) is 0 Å². The molecule has 0 aliphatic rings. The maximum absolute atomic E-state index is 5.52. The summed E-state index contributed by atoms with van der Waals surface area (Å²) in [6, 6.07) is 0. The molecule has 0 heterocycles. The van der Waals surface area contributed by atoms with Crippen molar-refractivity contribution in [3.63, 3.8) is 0 Å². The van der Waals surface area contributed by atoms with Crippen molar-refractivity contribution in [2.75, 3.05) is 0 Å². The highest BCUT2D eigenvalue weighted by Gasteiger charge is 2.02. The zero-order valence-corrected chi connectivity index (χ0v) is 6.74. The van der Waals surface area contributed by atoms with Crippen LogP contribution in [-0.2, 0) is 0 Å². The Labute approximate surface area is 61.4 Å². The predicted octanol–water partition coefficient (Wildman–Crippen LogP) is 1.44. The average Bonchev–Trinajstić information content (AvgIpc) is 1.63. The Hall–Kier alpha value is -0.130. The summed E-state index contributed by atoms with van der Waals surface area (Å²) in [5.74, 6) is 2.60. The van der Waals surface area contributed by atoms with Gasteiger partial charge in [0.15, 0.2) is 0 Å². The number of hydrogen-bond donors (Lipinski definition) is 1. The number of terminal acetylenes is 1. The van der Waals surface area contributed by atoms with Crippen LogP contribution in [0.25, 0.3) is 0 Å². The van der Waals surface area contributed by atoms with Gasteiger partial charge in [-0.05, 0) is 6.92 Å². The molecule has 9 heavy (non-hydrogen) atoms. The quantitative estimate of drug-likeness (QED) is 0.478. The van der Waals surface area contributed by atoms with Crippen LogP contribution in [-0.4, -0.2) is 10.6 Å². The van der Waals surface area contributed by atoms with Crippen LogP contribution in [0.4, 0.5) is 0 Å². The van der Waals surface area contributed by atoms with Crippen molar-refractivity contribution in [1.82, 2.24) is 0 Å². The van der Waals surface area contributed by atoms with Gasteiger partial charge >= 0.3 is 0 Å². The van der Waals surface area contributed by atoms with Crippen LogP contribution < -0.4 is 5.73 Å². The van der Waals surface area contributed by atoms with Crippen molar-refractivity contribution in [3.8, 4) is 12.3 Å². The van der Waals surface area contributed by atoms with Gasteiger partial charge in [-0.1, -0.05) is 6.92 Å². The van der Waals surface area contributed by atoms with Gasteiger partial charge in [0.2, 0.25) is 0 Å². The Morgan fingerprint density at radius 2 is 2.22 bits per heavy atom. The highest BCUT2D eigenvalue weighted by Crippen LogP contribution is 2.15. The van der Waals surface area contributed by atoms with Crippen molar-refractivity contribution >= 4 is 11.8 Å². The molecule has 2 heteroatoms. The van der Waals surface area contributed by atoms with E-state index in [1.165, 1.54) is 0 Å². The van der Waals surface area contributed by atoms with Crippen molar-refractivity contribution in [2.45, 2.75) is 30.9 Å². The molecule has 52 valence electrons. The molecule has 0 saturated heterocycles. The molecule has 0 bridgehead atoms. The lowest BCUT2D eigenvalue weighted by molar-refractivity contribution is 0.966. The van der Waals surface area contributed by atoms with E-state index in [0.717, 1.165) is 6.42 Å². The maximum Gasteiger partial charge on any atom is 0.0481 e. The summed E-state index contributed by atoms with van der Waals surface area (Å²) in [7, 11) is 0. The minimum absolute atomic E-state index is 0.202. The molecule has 0 amide bonds. The first-order valence-corrected chi connectivity index (χ1v) is 3.95. The van der Waals surface area contributed by atoms with Crippen molar-refractivity contribution in [1.29, 1.82) is 0 Å². The maximum atomic E-state index is 5.52. The molecule has 0 radical (unpaired) electrons. The smallest absolute Gasteiger partial charge is 0.0481 e. The van der Waals surface area contributed by atoms with Crippen LogP contribution in [0.3, 0.4) is 0 Å². The van der Waals surface area contributed by atoms with E-state index in [9.17, 15) is 0 Å². The molecule has 0 aromatic rings. The van der Waals surface area contributed by atoms with E-state index in [-0.39, 0.29) is 5.37 Å². The predicted molar refractivity (Wildman–Crippen MR) is 44.2 cm³/mol. The summed E-state index contributed by atoms with van der Waals surface area (Å²) in [4.78, 5) is 0. The minimum atomic E-state index is 0.202. The number of rotatable bonds is 3. The molecule has 1 nitrogen and oxygen atoms in total. The van der Waals surface area contributed by atoms with E-state index in [2.05, 4.69) is 12.8 Å². The summed E-state index contributed by atoms with van der Waals surface area (Å²) >= 11 is 1.71. The molecule has 0 rings (SSSR count). The Morgan fingerprint density at radius 3 is 2.56 bits per heavy atom. The lowest BCUT2D eigenvalue weighted by Gasteiger charge is -2.09. The van der Waals surface area contributed by atoms with Gasteiger partial charge in [-0.2, -0.15) is 0 Å². The summed E-state index contributed by atoms with van der Waals surface area (Å²) < 4.78 is 0. The molecule has 0 saturated carbocycles. The van der Waals surface area contributed by atoms with Gasteiger partial charge in [-0.25, -0.2) is 0 Å². The first-order valence-electron chi connectivity index (χ1n) is 3.01. The molecule has 0 aliphatic heterocycles. The molecule has 2 N–H and O–H groups in total. The normalized spacial score (nSPS) is 16.2. The zero-order chi connectivity index (χ0) is 7.28. The van der Waals surface area contributed by atoms with Crippen molar-refractivity contribution < 1.29 is 0 Å². The van der Waals surface area contributed by atoms with Gasteiger partial charge in [0, 0.05) is 17.0 Å². The molecule has 0 aromatic heterocycles. The first-order chi connectivity index (χ1) is 4.16. The average molecular weight is 143 g/mol. The third kappa shape index (κ3) is 5.75. The molecular formula is C7H13NS. The monoisotopic (exact) mass is 143 g/mol. The van der Waals surface area contributed by atoms with E-state index < -0.39 is 0 Å². The van der Waals surface area contributed by atoms with Crippen LogP contribution in [0.5, 0.6) is 0 Å². The van der Waals surface area contributed by atoms with E-state index >= 15 is 0 Å². The van der Waals surface area contributed by atoms with Gasteiger partial charge in [-0.15, -0.1) is 24.1 Å². The van der Waals surface area contributed by atoms with E-state index in [4.69, 9.17) is 12.2 Å². The van der Waals surface area contributed by atoms with Gasteiger partial charge in [0.25, 0.3) is 0 Å². The SMILES string of the molecule is C#CCC(C)SC(C)N. The molecule has 0 aliphatic carbocycles. The standard InChI is InChI=1S/C7H13NS/c1-4-5-6(2)9-7(3)8/h1,6-7H,5,8H2,2-3H3. The van der Waals surface area contributed by atoms with Crippen LogP contribution >= 0.6 is 11.8 Å². The second-order valence-electron chi connectivity index (χ2n) is 2.06. The minimum Gasteiger partial charge on any atom is -0.320 e. The van der Waals surface area contributed by atoms with Crippen molar-refractivity contribution in [2.24, 2.45) is 5.73 Å². The van der Waals surface area contributed by atoms with E-state index in [1.807, 2.05) is 6.92 Å². The zero-order valence-electron chi connectivity index (χ0n) is 5.92. The summed E-state index contributed by atoms with van der Waals surface area (Å²) in [6.07, 6.45) is 5.91. The molecule has 2 atom stereocenters. The van der Waals surface area contributed by atoms with Crippen LogP contribution in [0.2, 0.25) is 0 Å². The summed E-state index contributed by atoms with van der Waals surface area (Å²) in [5.41, 5.74) is 5.52. The largest absolute Gasteiger partial charge is 0.320 e. The lowest BCUT2D eigenvalue weighted by atomic mass is 10.3. The number of hydrogen-bond acceptors (Lipinski definition) is 2. The molecule has 2 unspecified atom stereocenters. The third-order valence-corrected chi connectivity index (χ3v) is 1.91. The Balaban J connectivity index is 3.29. The Bertz CT molecular complexity index is 104. The third-order valence-electron chi connectivity index (χ3n) is 0.852. The fourth-order valence-corrected chi connectivity index (χ4v) is 1.51. The van der Waals surface area contributed by atoms with E-state index in [1.54, 1.807) is 11.8 Å². The molecule has 0 aromatic carbocycles. The van der Waals surface area contributed by atoms with Crippen LogP contribution in [0, 0.1) is 12.3 Å². The van der Waals surface area contributed by atoms with Crippen LogP contribution in [0.15, 0.2) is 0 Å². The van der Waals surface area contributed by atoms with Gasteiger partial charge < -0.3 is 5.73 Å². The van der Waals surface area contributed by atoms with Gasteiger partial charge in [0.05, 0.1) is 0 Å². The second kappa shape index (κ2) is 4.72. The van der Waals surface area contributed by atoms with E-state index in [0.29, 0.717) is 5.25 Å². The summed E-state index contributed by atoms with van der Waals surface area (Å²) in [5, 5.41) is 0.698. The Morgan fingerprint density at radius 1 is 1.67 bits per heavy atom. The molecular weight excluding hydrogens is 130 g/mol.